The Hall–Kier alpha value is -3.24. The van der Waals surface area contributed by atoms with Gasteiger partial charge in [0.25, 0.3) is 0 Å². The van der Waals surface area contributed by atoms with E-state index in [0.29, 0.717) is 16.1 Å². The zero-order chi connectivity index (χ0) is 26.8. The van der Waals surface area contributed by atoms with Gasteiger partial charge in [0, 0.05) is 24.7 Å². The highest BCUT2D eigenvalue weighted by Gasteiger charge is 2.33. The van der Waals surface area contributed by atoms with Crippen LogP contribution in [0.4, 0.5) is 0 Å². The van der Waals surface area contributed by atoms with E-state index >= 15 is 0 Å². The first-order valence-electron chi connectivity index (χ1n) is 11.7. The maximum absolute atomic E-state index is 13.8. The van der Waals surface area contributed by atoms with Crippen molar-refractivity contribution in [3.05, 3.63) is 107 Å². The van der Waals surface area contributed by atoms with E-state index in [1.54, 1.807) is 78.9 Å². The van der Waals surface area contributed by atoms with E-state index in [1.165, 1.54) is 4.90 Å². The quantitative estimate of drug-likeness (QED) is 0.365. The van der Waals surface area contributed by atoms with E-state index in [9.17, 15) is 23.1 Å². The predicted molar refractivity (Wildman–Crippen MR) is 143 cm³/mol. The number of carbonyl (C=O) groups is 2. The second-order valence-electron chi connectivity index (χ2n) is 8.49. The molecular formula is C27H30ClN3O5S. The average molecular weight is 544 g/mol. The van der Waals surface area contributed by atoms with Gasteiger partial charge in [0.1, 0.15) is 6.04 Å². The molecule has 0 aliphatic rings. The van der Waals surface area contributed by atoms with Gasteiger partial charge in [-0.2, -0.15) is 4.31 Å². The number of sulfonamides is 1. The van der Waals surface area contributed by atoms with Crippen molar-refractivity contribution >= 4 is 33.4 Å². The number of carbonyl (C=O) groups excluding carboxylic acids is 2. The summed E-state index contributed by atoms with van der Waals surface area (Å²) in [5.74, 6) is -1.04. The Kier molecular flexibility index (Phi) is 10.2. The second kappa shape index (κ2) is 13.3. The monoisotopic (exact) mass is 543 g/mol. The molecule has 0 saturated heterocycles. The molecular weight excluding hydrogens is 514 g/mol. The molecule has 10 heteroatoms. The number of amides is 2. The summed E-state index contributed by atoms with van der Waals surface area (Å²) >= 11 is 6.03. The van der Waals surface area contributed by atoms with E-state index in [1.807, 2.05) is 6.07 Å². The summed E-state index contributed by atoms with van der Waals surface area (Å²) < 4.78 is 26.4. The smallest absolute Gasteiger partial charge is 0.247 e. The summed E-state index contributed by atoms with van der Waals surface area (Å²) in [6, 6.07) is 23.5. The molecule has 3 aromatic rings. The van der Waals surface area contributed by atoms with Crippen molar-refractivity contribution in [3.63, 3.8) is 0 Å². The first kappa shape index (κ1) is 28.3. The van der Waals surface area contributed by atoms with Crippen LogP contribution >= 0.6 is 11.6 Å². The molecule has 0 radical (unpaired) electrons. The summed E-state index contributed by atoms with van der Waals surface area (Å²) in [7, 11) is -3.76. The van der Waals surface area contributed by atoms with Crippen LogP contribution in [0, 0.1) is 0 Å². The maximum Gasteiger partial charge on any atom is 0.247 e. The van der Waals surface area contributed by atoms with Crippen LogP contribution in [-0.2, 0) is 32.7 Å². The molecule has 0 fully saturated rings. The summed E-state index contributed by atoms with van der Waals surface area (Å²) in [5.41, 5.74) is 1.99. The number of nitrogens with zero attached hydrogens (tertiary/aromatic N) is 2. The van der Waals surface area contributed by atoms with Crippen LogP contribution in [0.2, 0.25) is 5.02 Å². The lowest BCUT2D eigenvalue weighted by molar-refractivity contribution is -0.141. The van der Waals surface area contributed by atoms with Crippen molar-refractivity contribution in [3.8, 4) is 0 Å². The zero-order valence-corrected chi connectivity index (χ0v) is 22.0. The number of benzene rings is 3. The highest BCUT2D eigenvalue weighted by atomic mass is 35.5. The maximum atomic E-state index is 13.8. The average Bonchev–Trinajstić information content (AvgIpc) is 2.88. The number of aliphatic hydroxyl groups excluding tert-OH is 1. The van der Waals surface area contributed by atoms with Gasteiger partial charge in [-0.1, -0.05) is 84.4 Å². The van der Waals surface area contributed by atoms with E-state index in [0.717, 1.165) is 16.1 Å². The third-order valence-corrected chi connectivity index (χ3v) is 7.10. The van der Waals surface area contributed by atoms with Crippen molar-refractivity contribution in [1.29, 1.82) is 0 Å². The zero-order valence-electron chi connectivity index (χ0n) is 20.5. The van der Waals surface area contributed by atoms with Gasteiger partial charge in [-0.3, -0.25) is 9.59 Å². The van der Waals surface area contributed by atoms with Crippen LogP contribution in [0.1, 0.15) is 22.7 Å². The van der Waals surface area contributed by atoms with Crippen molar-refractivity contribution in [1.82, 2.24) is 14.5 Å². The van der Waals surface area contributed by atoms with Crippen LogP contribution in [0.3, 0.4) is 0 Å². The Morgan fingerprint density at radius 1 is 0.892 bits per heavy atom. The molecule has 1 unspecified atom stereocenters. The van der Waals surface area contributed by atoms with E-state index in [4.69, 9.17) is 11.6 Å². The summed E-state index contributed by atoms with van der Waals surface area (Å²) in [6.07, 6.45) is 1.05. The van der Waals surface area contributed by atoms with Crippen molar-refractivity contribution in [2.45, 2.75) is 19.1 Å². The van der Waals surface area contributed by atoms with Gasteiger partial charge in [0.05, 0.1) is 19.4 Å². The molecule has 0 aliphatic heterocycles. The Morgan fingerprint density at radius 3 is 2.03 bits per heavy atom. The molecule has 37 heavy (non-hydrogen) atoms. The number of nitrogens with one attached hydrogen (secondary N) is 1. The molecule has 8 nitrogen and oxygen atoms in total. The standard InChI is InChI=1S/C27H30ClN3O5S/c1-37(35,36)30(18-21-8-4-2-5-9-21)20-25(33)31(19-22-12-14-24(28)15-13-22)26(27(34)29-16-17-32)23-10-6-3-7-11-23/h2-15,26,32H,16-20H2,1H3,(H,29,34). The van der Waals surface area contributed by atoms with Gasteiger partial charge >= 0.3 is 0 Å². The van der Waals surface area contributed by atoms with Crippen molar-refractivity contribution in [2.24, 2.45) is 0 Å². The Bertz CT molecular complexity index is 1270. The van der Waals surface area contributed by atoms with Crippen molar-refractivity contribution < 1.29 is 23.1 Å². The largest absolute Gasteiger partial charge is 0.395 e. The number of halogens is 1. The molecule has 196 valence electrons. The molecule has 3 rings (SSSR count). The number of hydrogen-bond acceptors (Lipinski definition) is 5. The topological polar surface area (TPSA) is 107 Å². The lowest BCUT2D eigenvalue weighted by Crippen LogP contribution is -2.48. The number of aliphatic hydroxyl groups is 1. The molecule has 0 aromatic heterocycles. The molecule has 0 heterocycles. The normalized spacial score (nSPS) is 12.2. The van der Waals surface area contributed by atoms with Gasteiger partial charge in [-0.15, -0.1) is 0 Å². The van der Waals surface area contributed by atoms with E-state index < -0.39 is 34.4 Å². The molecule has 0 aliphatic carbocycles. The van der Waals surface area contributed by atoms with Gasteiger partial charge in [0.15, 0.2) is 0 Å². The minimum absolute atomic E-state index is 0.00686. The molecule has 0 bridgehead atoms. The fraction of sp³-hybridized carbons (Fsp3) is 0.259. The Labute approximate surface area is 222 Å². The van der Waals surface area contributed by atoms with Gasteiger partial charge < -0.3 is 15.3 Å². The summed E-state index contributed by atoms with van der Waals surface area (Å²) in [4.78, 5) is 28.5. The number of rotatable bonds is 12. The lowest BCUT2D eigenvalue weighted by Gasteiger charge is -2.33. The van der Waals surface area contributed by atoms with Crippen LogP contribution in [-0.4, -0.2) is 60.5 Å². The summed E-state index contributed by atoms with van der Waals surface area (Å²) in [6.45, 7) is -0.679. The number of hydrogen-bond donors (Lipinski definition) is 2. The van der Waals surface area contributed by atoms with Crippen LogP contribution < -0.4 is 5.32 Å². The Balaban J connectivity index is 2.00. The summed E-state index contributed by atoms with van der Waals surface area (Å²) in [5, 5.41) is 12.4. The molecule has 2 N–H and O–H groups in total. The first-order chi connectivity index (χ1) is 17.7. The van der Waals surface area contributed by atoms with Crippen LogP contribution in [0.15, 0.2) is 84.9 Å². The molecule has 0 spiro atoms. The molecule has 2 amide bonds. The van der Waals surface area contributed by atoms with E-state index in [-0.39, 0.29) is 26.2 Å². The van der Waals surface area contributed by atoms with Crippen LogP contribution in [0.5, 0.6) is 0 Å². The molecule has 0 saturated carbocycles. The molecule has 3 aromatic carbocycles. The third kappa shape index (κ3) is 8.40. The molecule has 1 atom stereocenters. The van der Waals surface area contributed by atoms with Gasteiger partial charge in [-0.25, -0.2) is 8.42 Å². The second-order valence-corrected chi connectivity index (χ2v) is 10.9. The minimum atomic E-state index is -3.76. The minimum Gasteiger partial charge on any atom is -0.395 e. The van der Waals surface area contributed by atoms with Gasteiger partial charge in [0.2, 0.25) is 21.8 Å². The predicted octanol–water partition coefficient (Wildman–Crippen LogP) is 2.98. The van der Waals surface area contributed by atoms with Crippen LogP contribution in [0.25, 0.3) is 0 Å². The Morgan fingerprint density at radius 2 is 1.46 bits per heavy atom. The third-order valence-electron chi connectivity index (χ3n) is 5.66. The SMILES string of the molecule is CS(=O)(=O)N(CC(=O)N(Cc1ccc(Cl)cc1)C(C(=O)NCCO)c1ccccc1)Cc1ccccc1. The fourth-order valence-electron chi connectivity index (χ4n) is 3.81. The highest BCUT2D eigenvalue weighted by molar-refractivity contribution is 7.88. The van der Waals surface area contributed by atoms with Crippen molar-refractivity contribution in [2.75, 3.05) is 26.0 Å². The van der Waals surface area contributed by atoms with Gasteiger partial charge in [-0.05, 0) is 28.8 Å². The highest BCUT2D eigenvalue weighted by Crippen LogP contribution is 2.25. The fourth-order valence-corrected chi connectivity index (χ4v) is 4.67. The van der Waals surface area contributed by atoms with E-state index in [2.05, 4.69) is 5.32 Å². The first-order valence-corrected chi connectivity index (χ1v) is 13.9. The lowest BCUT2D eigenvalue weighted by atomic mass is 10.0.